The summed E-state index contributed by atoms with van der Waals surface area (Å²) >= 11 is 9.19. The minimum absolute atomic E-state index is 0.104. The molecule has 0 radical (unpaired) electrons. The molecule has 1 aliphatic rings. The van der Waals surface area contributed by atoms with Gasteiger partial charge in [-0.05, 0) is 34.1 Å². The van der Waals surface area contributed by atoms with Gasteiger partial charge in [0.25, 0.3) is 5.91 Å². The van der Waals surface area contributed by atoms with E-state index in [1.54, 1.807) is 18.2 Å². The lowest BCUT2D eigenvalue weighted by molar-refractivity contribution is -0.123. The number of nitrogens with zero attached hydrogens (tertiary/aromatic N) is 1. The summed E-state index contributed by atoms with van der Waals surface area (Å²) in [5.41, 5.74) is 0.493. The highest BCUT2D eigenvalue weighted by Gasteiger charge is 2.22. The zero-order valence-corrected chi connectivity index (χ0v) is 11.2. The quantitative estimate of drug-likeness (QED) is 0.856. The molecule has 1 aromatic rings. The van der Waals surface area contributed by atoms with Crippen LogP contribution >= 0.6 is 27.5 Å². The van der Waals surface area contributed by atoms with Crippen LogP contribution in [0.15, 0.2) is 22.7 Å². The number of halogens is 2. The average Bonchev–Trinajstić information content (AvgIpc) is 2.32. The summed E-state index contributed by atoms with van der Waals surface area (Å²) in [6, 6.07) is 5.00. The summed E-state index contributed by atoms with van der Waals surface area (Å²) in [6.45, 7) is 1.12. The summed E-state index contributed by atoms with van der Waals surface area (Å²) in [4.78, 5) is 24.8. The first-order valence-electron chi connectivity index (χ1n) is 5.09. The summed E-state index contributed by atoms with van der Waals surface area (Å²) in [5, 5.41) is 3.16. The third-order valence-corrected chi connectivity index (χ3v) is 3.72. The number of hydrogen-bond acceptors (Lipinski definition) is 2. The fraction of sp³-hybridized carbons (Fsp3) is 0.273. The van der Waals surface area contributed by atoms with E-state index in [1.807, 2.05) is 0 Å². The van der Waals surface area contributed by atoms with Crippen molar-refractivity contribution in [2.24, 2.45) is 0 Å². The largest absolute Gasteiger partial charge is 0.353 e. The van der Waals surface area contributed by atoms with Gasteiger partial charge in [-0.3, -0.25) is 9.59 Å². The second-order valence-electron chi connectivity index (χ2n) is 3.71. The molecule has 1 heterocycles. The highest BCUT2D eigenvalue weighted by molar-refractivity contribution is 9.10. The molecule has 0 bridgehead atoms. The topological polar surface area (TPSA) is 49.4 Å². The normalized spacial score (nSPS) is 15.6. The van der Waals surface area contributed by atoms with Crippen LogP contribution in [0.25, 0.3) is 0 Å². The Morgan fingerprint density at radius 1 is 1.47 bits per heavy atom. The van der Waals surface area contributed by atoms with Gasteiger partial charge in [0.2, 0.25) is 5.91 Å². The average molecular weight is 318 g/mol. The van der Waals surface area contributed by atoms with Crippen molar-refractivity contribution in [3.8, 4) is 0 Å². The molecule has 1 aliphatic heterocycles. The van der Waals surface area contributed by atoms with Crippen molar-refractivity contribution in [2.75, 3.05) is 19.6 Å². The van der Waals surface area contributed by atoms with E-state index in [2.05, 4.69) is 21.2 Å². The molecule has 2 rings (SSSR count). The third kappa shape index (κ3) is 2.79. The molecule has 90 valence electrons. The Morgan fingerprint density at radius 3 is 2.88 bits per heavy atom. The van der Waals surface area contributed by atoms with Crippen LogP contribution in [0, 0.1) is 0 Å². The second-order valence-corrected chi connectivity index (χ2v) is 4.97. The van der Waals surface area contributed by atoms with Crippen LogP contribution in [-0.4, -0.2) is 36.3 Å². The molecule has 17 heavy (non-hydrogen) atoms. The summed E-state index contributed by atoms with van der Waals surface area (Å²) in [5.74, 6) is -0.304. The molecule has 0 spiro atoms. The summed E-state index contributed by atoms with van der Waals surface area (Å²) < 4.78 is 0.743. The second kappa shape index (κ2) is 5.06. The van der Waals surface area contributed by atoms with Gasteiger partial charge in [-0.2, -0.15) is 0 Å². The van der Waals surface area contributed by atoms with Crippen molar-refractivity contribution >= 4 is 39.3 Å². The van der Waals surface area contributed by atoms with E-state index < -0.39 is 0 Å². The molecular weight excluding hydrogens is 307 g/mol. The summed E-state index contributed by atoms with van der Waals surface area (Å²) in [7, 11) is 0. The Balaban J connectivity index is 2.18. The number of carbonyl (C=O) groups excluding carboxylic acids is 2. The zero-order chi connectivity index (χ0) is 12.4. The maximum Gasteiger partial charge on any atom is 0.254 e. The van der Waals surface area contributed by atoms with Gasteiger partial charge in [0.05, 0.1) is 11.6 Å². The molecule has 1 aromatic carbocycles. The highest BCUT2D eigenvalue weighted by atomic mass is 79.9. The number of piperazine rings is 1. The van der Waals surface area contributed by atoms with E-state index >= 15 is 0 Å². The first kappa shape index (κ1) is 12.4. The van der Waals surface area contributed by atoms with Gasteiger partial charge >= 0.3 is 0 Å². The fourth-order valence-corrected chi connectivity index (χ4v) is 2.05. The molecule has 1 fully saturated rings. The van der Waals surface area contributed by atoms with Crippen molar-refractivity contribution in [2.45, 2.75) is 0 Å². The molecule has 0 saturated carbocycles. The van der Waals surface area contributed by atoms with E-state index in [1.165, 1.54) is 4.90 Å². The van der Waals surface area contributed by atoms with Gasteiger partial charge in [0.1, 0.15) is 0 Å². The lowest BCUT2D eigenvalue weighted by Crippen LogP contribution is -2.49. The maximum atomic E-state index is 12.1. The minimum atomic E-state index is -0.172. The smallest absolute Gasteiger partial charge is 0.254 e. The molecule has 4 nitrogen and oxygen atoms in total. The van der Waals surface area contributed by atoms with Gasteiger partial charge in [-0.25, -0.2) is 0 Å². The molecule has 1 saturated heterocycles. The molecule has 0 atom stereocenters. The van der Waals surface area contributed by atoms with Gasteiger partial charge in [-0.15, -0.1) is 0 Å². The lowest BCUT2D eigenvalue weighted by Gasteiger charge is -2.26. The Hall–Kier alpha value is -1.07. The van der Waals surface area contributed by atoms with Crippen molar-refractivity contribution in [3.05, 3.63) is 33.3 Å². The molecule has 6 heteroatoms. The Morgan fingerprint density at radius 2 is 2.24 bits per heavy atom. The Labute approximate surface area is 112 Å². The minimum Gasteiger partial charge on any atom is -0.353 e. The van der Waals surface area contributed by atoms with Crippen LogP contribution in [0.3, 0.4) is 0 Å². The van der Waals surface area contributed by atoms with Crippen molar-refractivity contribution in [1.29, 1.82) is 0 Å². The van der Waals surface area contributed by atoms with Crippen LogP contribution in [0.4, 0.5) is 0 Å². The number of hydrogen-bond donors (Lipinski definition) is 1. The first-order chi connectivity index (χ1) is 8.08. The number of amides is 2. The van der Waals surface area contributed by atoms with Crippen LogP contribution < -0.4 is 5.32 Å². The number of benzene rings is 1. The van der Waals surface area contributed by atoms with Crippen molar-refractivity contribution < 1.29 is 9.59 Å². The van der Waals surface area contributed by atoms with Crippen LogP contribution in [-0.2, 0) is 4.79 Å². The van der Waals surface area contributed by atoms with Crippen LogP contribution in [0.1, 0.15) is 10.4 Å². The number of rotatable bonds is 1. The predicted octanol–water partition coefficient (Wildman–Crippen LogP) is 1.67. The van der Waals surface area contributed by atoms with E-state index in [-0.39, 0.29) is 18.4 Å². The molecule has 0 unspecified atom stereocenters. The van der Waals surface area contributed by atoms with Gasteiger partial charge in [0, 0.05) is 23.1 Å². The van der Waals surface area contributed by atoms with Crippen LogP contribution in [0.5, 0.6) is 0 Å². The van der Waals surface area contributed by atoms with Crippen molar-refractivity contribution in [1.82, 2.24) is 10.2 Å². The lowest BCUT2D eigenvalue weighted by atomic mass is 10.2. The van der Waals surface area contributed by atoms with Gasteiger partial charge in [-0.1, -0.05) is 11.6 Å². The molecule has 0 aliphatic carbocycles. The van der Waals surface area contributed by atoms with E-state index in [4.69, 9.17) is 11.6 Å². The number of carbonyl (C=O) groups is 2. The third-order valence-electron chi connectivity index (χ3n) is 2.49. The molecular formula is C11H10BrClN2O2. The van der Waals surface area contributed by atoms with Crippen LogP contribution in [0.2, 0.25) is 5.02 Å². The molecule has 2 amide bonds. The zero-order valence-electron chi connectivity index (χ0n) is 8.87. The van der Waals surface area contributed by atoms with E-state index in [0.29, 0.717) is 23.7 Å². The molecule has 0 aromatic heterocycles. The SMILES string of the molecule is O=C1CN(C(=O)c2ccc(Br)c(Cl)c2)CCN1. The van der Waals surface area contributed by atoms with E-state index in [9.17, 15) is 9.59 Å². The maximum absolute atomic E-state index is 12.1. The Kier molecular flexibility index (Phi) is 3.69. The number of nitrogens with one attached hydrogen (secondary N) is 1. The molecule has 1 N–H and O–H groups in total. The first-order valence-corrected chi connectivity index (χ1v) is 6.26. The monoisotopic (exact) mass is 316 g/mol. The fourth-order valence-electron chi connectivity index (χ4n) is 1.62. The predicted molar refractivity (Wildman–Crippen MR) is 68.1 cm³/mol. The van der Waals surface area contributed by atoms with E-state index in [0.717, 1.165) is 4.47 Å². The standard InChI is InChI=1S/C11H10BrClN2O2/c12-8-2-1-7(5-9(8)13)11(17)15-4-3-14-10(16)6-15/h1-2,5H,3-4,6H2,(H,14,16). The Bertz CT molecular complexity index is 479. The van der Waals surface area contributed by atoms with Crippen molar-refractivity contribution in [3.63, 3.8) is 0 Å². The van der Waals surface area contributed by atoms with Gasteiger partial charge in [0.15, 0.2) is 0 Å². The highest BCUT2D eigenvalue weighted by Crippen LogP contribution is 2.23. The summed E-state index contributed by atoms with van der Waals surface area (Å²) in [6.07, 6.45) is 0. The van der Waals surface area contributed by atoms with Gasteiger partial charge < -0.3 is 10.2 Å².